The van der Waals surface area contributed by atoms with Gasteiger partial charge in [-0.15, -0.1) is 0 Å². The Morgan fingerprint density at radius 1 is 0.661 bits per heavy atom. The Balaban J connectivity index is 0.000000269. The van der Waals surface area contributed by atoms with Crippen LogP contribution < -0.4 is 5.43 Å². The van der Waals surface area contributed by atoms with Crippen LogP contribution in [-0.4, -0.2) is 104 Å². The van der Waals surface area contributed by atoms with E-state index in [-0.39, 0.29) is 49.7 Å². The number of hydrogen-bond acceptors (Lipinski definition) is 12. The highest BCUT2D eigenvalue weighted by Crippen LogP contribution is 2.30. The van der Waals surface area contributed by atoms with Crippen LogP contribution in [-0.2, 0) is 46.5 Å². The molecule has 16 heteroatoms. The van der Waals surface area contributed by atoms with E-state index >= 15 is 0 Å². The monoisotopic (exact) mass is 855 g/mol. The van der Waals surface area contributed by atoms with Crippen molar-refractivity contribution in [2.24, 2.45) is 0 Å². The van der Waals surface area contributed by atoms with Gasteiger partial charge in [-0.1, -0.05) is 79.7 Å². The molecule has 3 aliphatic heterocycles. The Kier molecular flexibility index (Phi) is 15.5. The summed E-state index contributed by atoms with van der Waals surface area (Å²) in [6, 6.07) is 22.0. The van der Waals surface area contributed by atoms with Crippen LogP contribution in [0.15, 0.2) is 84.9 Å². The molecular formula is C46H57N5O11. The van der Waals surface area contributed by atoms with Crippen LogP contribution in [0.25, 0.3) is 0 Å². The molecule has 0 spiro atoms. The van der Waals surface area contributed by atoms with Gasteiger partial charge in [0.1, 0.15) is 36.5 Å². The van der Waals surface area contributed by atoms with Gasteiger partial charge in [0.05, 0.1) is 11.1 Å². The minimum Gasteiger partial charge on any atom is -0.460 e. The maximum absolute atomic E-state index is 14.2. The lowest BCUT2D eigenvalue weighted by molar-refractivity contribution is -0.178. The van der Waals surface area contributed by atoms with Crippen molar-refractivity contribution < 1.29 is 52.5 Å². The molecule has 2 fully saturated rings. The second-order valence-electron chi connectivity index (χ2n) is 17.0. The minimum absolute atomic E-state index is 0.0136. The SMILES string of the molecule is CC(C)(C)OC(=O)N1CCC[C@H](C(=O)OCc2ccccc2)N1.CC[C@@H](C(=O)N1[C@@H](C(=O)OCc2ccccc2)CCCN1C(=O)OC(C)(C)C)N1C(=O)c2ccccc2C1=O. The maximum atomic E-state index is 14.2. The molecule has 62 heavy (non-hydrogen) atoms. The van der Waals surface area contributed by atoms with Crippen molar-refractivity contribution in [1.29, 1.82) is 0 Å². The van der Waals surface area contributed by atoms with Crippen molar-refractivity contribution in [3.05, 3.63) is 107 Å². The quantitative estimate of drug-likeness (QED) is 0.139. The molecule has 3 aromatic carbocycles. The largest absolute Gasteiger partial charge is 0.460 e. The predicted molar refractivity (Wildman–Crippen MR) is 225 cm³/mol. The molecule has 3 atom stereocenters. The van der Waals surface area contributed by atoms with E-state index < -0.39 is 65.2 Å². The summed E-state index contributed by atoms with van der Waals surface area (Å²) in [5.41, 5.74) is 3.57. The Labute approximate surface area is 362 Å². The normalized spacial score (nSPS) is 18.2. The lowest BCUT2D eigenvalue weighted by Crippen LogP contribution is -2.65. The molecule has 0 aromatic heterocycles. The molecule has 3 aromatic rings. The summed E-state index contributed by atoms with van der Waals surface area (Å²) < 4.78 is 21.7. The Morgan fingerprint density at radius 2 is 1.15 bits per heavy atom. The van der Waals surface area contributed by atoms with Gasteiger partial charge in [-0.25, -0.2) is 34.8 Å². The highest BCUT2D eigenvalue weighted by Gasteiger charge is 2.49. The number of benzene rings is 3. The molecule has 3 aliphatic rings. The maximum Gasteiger partial charge on any atom is 0.429 e. The number of nitrogens with one attached hydrogen (secondary N) is 1. The van der Waals surface area contributed by atoms with Gasteiger partial charge < -0.3 is 18.9 Å². The molecule has 0 aliphatic carbocycles. The van der Waals surface area contributed by atoms with Crippen LogP contribution in [0.1, 0.15) is 112 Å². The first kappa shape index (κ1) is 46.8. The fourth-order valence-electron chi connectivity index (χ4n) is 6.98. The minimum atomic E-state index is -1.25. The van der Waals surface area contributed by atoms with Gasteiger partial charge in [0.25, 0.3) is 17.7 Å². The Morgan fingerprint density at radius 3 is 1.66 bits per heavy atom. The standard InChI is InChI=1S/C29H33N3O7.C17H24N2O4/c1-5-22(31-24(33)20-14-9-10-15-21(20)25(31)34)26(35)32-23(27(36)38-18-19-12-7-6-8-13-19)16-11-17-30(32)28(37)39-29(2,3)4;1-17(2,3)23-16(21)19-11-7-10-14(18-19)15(20)22-12-13-8-5-4-6-9-13/h6-10,12-15,22-23H,5,11,16-18H2,1-4H3;4-6,8-9,14,18H,7,10-12H2,1-3H3/t22-,23+;14-/m01/s1. The van der Waals surface area contributed by atoms with Crippen molar-refractivity contribution in [1.82, 2.24) is 25.4 Å². The molecule has 1 N–H and O–H groups in total. The van der Waals surface area contributed by atoms with Gasteiger partial charge in [0.2, 0.25) is 0 Å². The van der Waals surface area contributed by atoms with E-state index in [2.05, 4.69) is 5.43 Å². The number of carbonyl (C=O) groups is 7. The zero-order chi connectivity index (χ0) is 45.2. The number of ether oxygens (including phenoxy) is 4. The molecule has 2 saturated heterocycles. The number of imide groups is 1. The van der Waals surface area contributed by atoms with Crippen molar-refractivity contribution in [3.8, 4) is 0 Å². The first-order chi connectivity index (χ1) is 29.4. The number of amides is 5. The Hall–Kier alpha value is -6.29. The highest BCUT2D eigenvalue weighted by atomic mass is 16.6. The van der Waals surface area contributed by atoms with E-state index in [0.717, 1.165) is 32.5 Å². The second-order valence-corrected chi connectivity index (χ2v) is 17.0. The van der Waals surface area contributed by atoms with E-state index in [1.165, 1.54) is 17.1 Å². The number of rotatable bonds is 9. The lowest BCUT2D eigenvalue weighted by Gasteiger charge is -2.44. The van der Waals surface area contributed by atoms with E-state index in [9.17, 15) is 33.6 Å². The van der Waals surface area contributed by atoms with E-state index in [1.807, 2.05) is 48.5 Å². The number of esters is 2. The molecule has 0 saturated carbocycles. The van der Waals surface area contributed by atoms with E-state index in [4.69, 9.17) is 18.9 Å². The van der Waals surface area contributed by atoms with Gasteiger partial charge in [0.15, 0.2) is 6.04 Å². The fraction of sp³-hybridized carbons (Fsp3) is 0.457. The summed E-state index contributed by atoms with van der Waals surface area (Å²) >= 11 is 0. The average molecular weight is 856 g/mol. The molecule has 5 amide bonds. The summed E-state index contributed by atoms with van der Waals surface area (Å²) in [5.74, 6) is -2.99. The predicted octanol–water partition coefficient (Wildman–Crippen LogP) is 6.58. The summed E-state index contributed by atoms with van der Waals surface area (Å²) in [6.45, 7) is 13.0. The summed E-state index contributed by atoms with van der Waals surface area (Å²) in [5, 5.41) is 3.47. The van der Waals surface area contributed by atoms with Crippen LogP contribution in [0.5, 0.6) is 0 Å². The average Bonchev–Trinajstić information content (AvgIpc) is 3.50. The summed E-state index contributed by atoms with van der Waals surface area (Å²) in [4.78, 5) is 92.3. The van der Waals surface area contributed by atoms with Crippen LogP contribution >= 0.6 is 0 Å². The third kappa shape index (κ3) is 12.2. The highest BCUT2D eigenvalue weighted by molar-refractivity contribution is 6.23. The zero-order valence-corrected chi connectivity index (χ0v) is 36.5. The summed E-state index contributed by atoms with van der Waals surface area (Å²) in [7, 11) is 0. The van der Waals surface area contributed by atoms with Crippen LogP contribution in [0, 0.1) is 0 Å². The first-order valence-electron chi connectivity index (χ1n) is 20.9. The molecule has 332 valence electrons. The number of hydrazine groups is 2. The topological polar surface area (TPSA) is 181 Å². The zero-order valence-electron chi connectivity index (χ0n) is 36.5. The van der Waals surface area contributed by atoms with Gasteiger partial charge in [-0.2, -0.15) is 0 Å². The Bertz CT molecular complexity index is 2050. The number of carbonyl (C=O) groups excluding carboxylic acids is 7. The number of nitrogens with zero attached hydrogens (tertiary/aromatic N) is 4. The van der Waals surface area contributed by atoms with Crippen molar-refractivity contribution in [2.45, 2.75) is 123 Å². The molecule has 3 heterocycles. The van der Waals surface area contributed by atoms with Gasteiger partial charge in [0, 0.05) is 13.1 Å². The van der Waals surface area contributed by atoms with E-state index in [0.29, 0.717) is 19.4 Å². The van der Waals surface area contributed by atoms with Crippen molar-refractivity contribution in [3.63, 3.8) is 0 Å². The lowest BCUT2D eigenvalue weighted by atomic mass is 10.1. The van der Waals surface area contributed by atoms with Gasteiger partial charge >= 0.3 is 24.1 Å². The second kappa shape index (κ2) is 20.5. The third-order valence-corrected chi connectivity index (χ3v) is 9.85. The van der Waals surface area contributed by atoms with Crippen molar-refractivity contribution in [2.75, 3.05) is 13.1 Å². The van der Waals surface area contributed by atoms with Crippen LogP contribution in [0.3, 0.4) is 0 Å². The molecule has 0 bridgehead atoms. The van der Waals surface area contributed by atoms with Crippen LogP contribution in [0.4, 0.5) is 9.59 Å². The third-order valence-electron chi connectivity index (χ3n) is 9.85. The van der Waals surface area contributed by atoms with E-state index in [1.54, 1.807) is 72.7 Å². The molecule has 0 unspecified atom stereocenters. The number of hydrogen-bond donors (Lipinski definition) is 1. The van der Waals surface area contributed by atoms with Crippen molar-refractivity contribution >= 4 is 41.8 Å². The number of fused-ring (bicyclic) bond motifs is 1. The molecule has 6 rings (SSSR count). The summed E-state index contributed by atoms with van der Waals surface area (Å²) in [6.07, 6.45) is 0.792. The fourth-order valence-corrected chi connectivity index (χ4v) is 6.98. The molecule has 16 nitrogen and oxygen atoms in total. The van der Waals surface area contributed by atoms with Gasteiger partial charge in [-0.05, 0) is 96.9 Å². The van der Waals surface area contributed by atoms with Crippen LogP contribution in [0.2, 0.25) is 0 Å². The molecule has 0 radical (unpaired) electrons. The smallest absolute Gasteiger partial charge is 0.429 e. The molecular weight excluding hydrogens is 799 g/mol. The first-order valence-corrected chi connectivity index (χ1v) is 20.9. The van der Waals surface area contributed by atoms with Gasteiger partial charge in [-0.3, -0.25) is 24.1 Å².